The third kappa shape index (κ3) is 0.724. The largest absolute Gasteiger partial charge is 0.290 e. The Morgan fingerprint density at radius 3 is 2.82 bits per heavy atom. The van der Waals surface area contributed by atoms with Crippen molar-refractivity contribution in [2.75, 3.05) is 0 Å². The number of hydrogen-bond donors (Lipinski definition) is 0. The summed E-state index contributed by atoms with van der Waals surface area (Å²) in [6, 6.07) is 0. The zero-order valence-electron chi connectivity index (χ0n) is 6.09. The minimum Gasteiger partial charge on any atom is -0.290 e. The van der Waals surface area contributed by atoms with Gasteiger partial charge in [0, 0.05) is 5.57 Å². The van der Waals surface area contributed by atoms with Gasteiger partial charge >= 0.3 is 0 Å². The maximum Gasteiger partial charge on any atom is 0.229 e. The van der Waals surface area contributed by atoms with E-state index < -0.39 is 5.41 Å². The minimum atomic E-state index is -0.549. The summed E-state index contributed by atoms with van der Waals surface area (Å²) in [5.74, 6) is 0.438. The molecule has 2 heteroatoms. The van der Waals surface area contributed by atoms with E-state index in [1.54, 1.807) is 0 Å². The monoisotopic (exact) mass is 148 g/mol. The van der Waals surface area contributed by atoms with Gasteiger partial charge in [0.2, 0.25) is 12.6 Å². The molecule has 0 aromatic rings. The van der Waals surface area contributed by atoms with Crippen LogP contribution in [0.1, 0.15) is 19.3 Å². The lowest BCUT2D eigenvalue weighted by Gasteiger charge is -2.16. The van der Waals surface area contributed by atoms with Gasteiger partial charge in [0.05, 0.1) is 5.41 Å². The Morgan fingerprint density at radius 1 is 1.55 bits per heavy atom. The summed E-state index contributed by atoms with van der Waals surface area (Å²) in [5.41, 5.74) is -0.00405. The molecular weight excluding hydrogens is 140 g/mol. The van der Waals surface area contributed by atoms with Gasteiger partial charge in [-0.2, -0.15) is 0 Å². The Morgan fingerprint density at radius 2 is 2.36 bits per heavy atom. The molecule has 0 N–H and O–H groups in total. The molecule has 0 saturated heterocycles. The molecule has 2 bridgehead atoms. The molecule has 0 spiro atoms. The normalized spacial score (nSPS) is 40.4. The van der Waals surface area contributed by atoms with Crippen molar-refractivity contribution in [3.63, 3.8) is 0 Å². The Labute approximate surface area is 65.3 Å². The quantitative estimate of drug-likeness (QED) is 0.583. The maximum atomic E-state index is 10.6. The van der Waals surface area contributed by atoms with Crippen LogP contribution in [0, 0.1) is 11.3 Å². The van der Waals surface area contributed by atoms with Crippen molar-refractivity contribution in [1.82, 2.24) is 0 Å². The van der Waals surface area contributed by atoms with Crippen molar-refractivity contribution < 1.29 is 9.59 Å². The predicted molar refractivity (Wildman–Crippen MR) is 39.2 cm³/mol. The van der Waals surface area contributed by atoms with Crippen LogP contribution in [-0.2, 0) is 9.59 Å². The van der Waals surface area contributed by atoms with E-state index in [1.807, 2.05) is 18.6 Å². The van der Waals surface area contributed by atoms with E-state index in [1.165, 1.54) is 0 Å². The van der Waals surface area contributed by atoms with E-state index in [9.17, 15) is 9.59 Å². The summed E-state index contributed by atoms with van der Waals surface area (Å²) in [4.78, 5) is 21.0. The number of carbonyl (C=O) groups excluding carboxylic acids is 2. The Kier molecular flexibility index (Phi) is 1.25. The van der Waals surface area contributed by atoms with Crippen LogP contribution in [0.5, 0.6) is 0 Å². The van der Waals surface area contributed by atoms with Crippen LogP contribution >= 0.6 is 0 Å². The predicted octanol–water partition coefficient (Wildman–Crippen LogP) is 0.932. The van der Waals surface area contributed by atoms with Gasteiger partial charge in [-0.3, -0.25) is 9.59 Å². The van der Waals surface area contributed by atoms with Crippen LogP contribution in [0.3, 0.4) is 0 Å². The summed E-state index contributed by atoms with van der Waals surface area (Å²) in [5, 5.41) is 0. The highest BCUT2D eigenvalue weighted by Gasteiger charge is 2.47. The maximum absolute atomic E-state index is 10.6. The zero-order chi connectivity index (χ0) is 7.90. The lowest BCUT2D eigenvalue weighted by Crippen LogP contribution is -2.19. The van der Waals surface area contributed by atoms with Crippen LogP contribution in [0.4, 0.5) is 0 Å². The average molecular weight is 148 g/mol. The second-order valence-electron chi connectivity index (χ2n) is 3.37. The van der Waals surface area contributed by atoms with Gasteiger partial charge < -0.3 is 0 Å². The summed E-state index contributed by atoms with van der Waals surface area (Å²) >= 11 is 0. The van der Waals surface area contributed by atoms with Crippen molar-refractivity contribution in [2.45, 2.75) is 19.3 Å². The lowest BCUT2D eigenvalue weighted by molar-refractivity contribution is 0.459. The first-order chi connectivity index (χ1) is 5.30. The topological polar surface area (TPSA) is 34.1 Å². The number of rotatable bonds is 2. The molecule has 0 aromatic carbocycles. The van der Waals surface area contributed by atoms with Crippen LogP contribution < -0.4 is 0 Å². The third-order valence-electron chi connectivity index (χ3n) is 2.78. The summed E-state index contributed by atoms with van der Waals surface area (Å²) in [7, 11) is 0. The highest BCUT2D eigenvalue weighted by atomic mass is 16.1. The van der Waals surface area contributed by atoms with Crippen molar-refractivity contribution >= 4 is 12.6 Å². The molecule has 2 radical (unpaired) electrons. The molecule has 2 aliphatic carbocycles. The van der Waals surface area contributed by atoms with Gasteiger partial charge in [0.1, 0.15) is 0 Å². The third-order valence-corrected chi connectivity index (χ3v) is 2.78. The van der Waals surface area contributed by atoms with Gasteiger partial charge in [0.15, 0.2) is 0 Å². The number of fused-ring (bicyclic) bond motifs is 2. The van der Waals surface area contributed by atoms with Crippen LogP contribution in [-0.4, -0.2) is 12.6 Å². The zero-order valence-corrected chi connectivity index (χ0v) is 6.09. The molecule has 2 unspecified atom stereocenters. The van der Waals surface area contributed by atoms with Crippen LogP contribution in [0.2, 0.25) is 0 Å². The van der Waals surface area contributed by atoms with E-state index in [-0.39, 0.29) is 0 Å². The first kappa shape index (κ1) is 6.77. The van der Waals surface area contributed by atoms with Gasteiger partial charge in [-0.15, -0.1) is 0 Å². The summed E-state index contributed by atoms with van der Waals surface area (Å²) in [6.45, 7) is 0. The van der Waals surface area contributed by atoms with E-state index in [4.69, 9.17) is 0 Å². The molecule has 2 nitrogen and oxygen atoms in total. The lowest BCUT2D eigenvalue weighted by atomic mass is 9.83. The Hall–Kier alpha value is -0.920. The number of allylic oxidation sites excluding steroid dienone is 2. The first-order valence-corrected chi connectivity index (χ1v) is 3.80. The standard InChI is InChI=1S/C9H8O2/c10-5-8-3-7-1-2-9(8,4-7)6-11/h3,7H,1-2,4H2. The van der Waals surface area contributed by atoms with Gasteiger partial charge in [-0.1, -0.05) is 6.08 Å². The molecule has 1 fully saturated rings. The van der Waals surface area contributed by atoms with E-state index >= 15 is 0 Å². The van der Waals surface area contributed by atoms with Crippen molar-refractivity contribution in [2.24, 2.45) is 11.3 Å². The molecular formula is C9H8O2. The second kappa shape index (κ2) is 2.03. The van der Waals surface area contributed by atoms with E-state index in [0.717, 1.165) is 19.3 Å². The first-order valence-electron chi connectivity index (χ1n) is 3.80. The fourth-order valence-corrected chi connectivity index (χ4v) is 2.14. The van der Waals surface area contributed by atoms with Gasteiger partial charge in [-0.05, 0) is 25.2 Å². The molecule has 0 amide bonds. The average Bonchev–Trinajstić information content (AvgIpc) is 2.60. The van der Waals surface area contributed by atoms with E-state index in [2.05, 4.69) is 0 Å². The summed E-state index contributed by atoms with van der Waals surface area (Å²) < 4.78 is 0. The fourth-order valence-electron chi connectivity index (χ4n) is 2.14. The van der Waals surface area contributed by atoms with Crippen LogP contribution in [0.15, 0.2) is 11.6 Å². The van der Waals surface area contributed by atoms with Crippen LogP contribution in [0.25, 0.3) is 0 Å². The van der Waals surface area contributed by atoms with Gasteiger partial charge in [0.25, 0.3) is 0 Å². The molecule has 2 atom stereocenters. The molecule has 0 heterocycles. The van der Waals surface area contributed by atoms with Crippen molar-refractivity contribution in [3.8, 4) is 0 Å². The second-order valence-corrected chi connectivity index (χ2v) is 3.37. The minimum absolute atomic E-state index is 0.438. The number of hydrogen-bond acceptors (Lipinski definition) is 2. The highest BCUT2D eigenvalue weighted by Crippen LogP contribution is 2.51. The smallest absolute Gasteiger partial charge is 0.229 e. The SMILES string of the molecule is O=[C]C1=CC2CCC1([C]=O)C2. The molecule has 1 saturated carbocycles. The highest BCUT2D eigenvalue weighted by molar-refractivity contribution is 5.87. The molecule has 0 aliphatic heterocycles. The summed E-state index contributed by atoms with van der Waals surface area (Å²) in [6.07, 6.45) is 8.32. The molecule has 2 aliphatic rings. The molecule has 0 aromatic heterocycles. The molecule has 11 heavy (non-hydrogen) atoms. The molecule has 2 rings (SSSR count). The van der Waals surface area contributed by atoms with Crippen molar-refractivity contribution in [3.05, 3.63) is 11.6 Å². The fraction of sp³-hybridized carbons (Fsp3) is 0.556. The Bertz CT molecular complexity index is 242. The molecule has 56 valence electrons. The van der Waals surface area contributed by atoms with Crippen molar-refractivity contribution in [1.29, 1.82) is 0 Å². The van der Waals surface area contributed by atoms with Gasteiger partial charge in [-0.25, -0.2) is 0 Å². The Balaban J connectivity index is 2.41. The van der Waals surface area contributed by atoms with E-state index in [0.29, 0.717) is 11.5 Å².